The smallest absolute Gasteiger partial charge is 0.0433 e. The van der Waals surface area contributed by atoms with Gasteiger partial charge in [0.1, 0.15) is 0 Å². The fourth-order valence-electron chi connectivity index (χ4n) is 8.29. The fourth-order valence-corrected chi connectivity index (χ4v) is 8.29. The van der Waals surface area contributed by atoms with E-state index in [0.717, 1.165) is 47.8 Å². The molecule has 0 spiro atoms. The van der Waals surface area contributed by atoms with Gasteiger partial charge in [0.25, 0.3) is 0 Å². The molecule has 0 aromatic rings. The fraction of sp³-hybridized carbons (Fsp3) is 1.00. The molecule has 5 unspecified atom stereocenters. The molecule has 8 bridgehead atoms. The summed E-state index contributed by atoms with van der Waals surface area (Å²) in [5.41, 5.74) is 9.47. The normalized spacial score (nSPS) is 58.8. The van der Waals surface area contributed by atoms with Crippen molar-refractivity contribution in [3.05, 3.63) is 10.4 Å². The second-order valence-corrected chi connectivity index (χ2v) is 8.56. The van der Waals surface area contributed by atoms with Crippen molar-refractivity contribution in [2.75, 3.05) is 0 Å². The highest BCUT2D eigenvalue weighted by molar-refractivity contribution is 5.20. The zero-order chi connectivity index (χ0) is 13.5. The summed E-state index contributed by atoms with van der Waals surface area (Å²) in [7, 11) is 0. The largest absolute Gasteiger partial charge is 0.0900 e. The Kier molecular flexibility index (Phi) is 2.23. The van der Waals surface area contributed by atoms with Crippen LogP contribution in [-0.2, 0) is 0 Å². The first kappa shape index (κ1) is 11.9. The predicted octanol–water partition coefficient (Wildman–Crippen LogP) is 4.78. The van der Waals surface area contributed by atoms with E-state index in [0.29, 0.717) is 5.41 Å². The minimum absolute atomic E-state index is 0.288. The monoisotopic (exact) mass is 271 g/mol. The summed E-state index contributed by atoms with van der Waals surface area (Å²) in [6.45, 7) is 2.24. The lowest BCUT2D eigenvalue weighted by Gasteiger charge is -2.75. The lowest BCUT2D eigenvalue weighted by molar-refractivity contribution is -0.262. The summed E-state index contributed by atoms with van der Waals surface area (Å²) < 4.78 is 0. The van der Waals surface area contributed by atoms with Crippen molar-refractivity contribution in [2.45, 2.75) is 57.9 Å². The van der Waals surface area contributed by atoms with Gasteiger partial charge in [-0.3, -0.25) is 0 Å². The molecule has 0 aromatic carbocycles. The van der Waals surface area contributed by atoms with Crippen molar-refractivity contribution >= 4 is 0 Å². The first-order chi connectivity index (χ1) is 9.77. The van der Waals surface area contributed by atoms with E-state index >= 15 is 0 Å². The molecule has 0 heterocycles. The van der Waals surface area contributed by atoms with Gasteiger partial charge in [0.15, 0.2) is 0 Å². The van der Waals surface area contributed by atoms with E-state index in [2.05, 4.69) is 16.9 Å². The van der Waals surface area contributed by atoms with Gasteiger partial charge in [-0.2, -0.15) is 0 Å². The molecule has 0 N–H and O–H groups in total. The lowest BCUT2D eigenvalue weighted by atomic mass is 9.29. The molecule has 108 valence electrons. The van der Waals surface area contributed by atoms with Crippen LogP contribution < -0.4 is 0 Å². The Morgan fingerprint density at radius 2 is 1.70 bits per heavy atom. The van der Waals surface area contributed by atoms with E-state index in [9.17, 15) is 0 Å². The minimum atomic E-state index is 0.288. The van der Waals surface area contributed by atoms with Gasteiger partial charge in [-0.05, 0) is 97.3 Å². The van der Waals surface area contributed by atoms with Crippen molar-refractivity contribution in [3.63, 3.8) is 0 Å². The SMILES string of the molecule is CCC(N=[N+]=[N-])C12CC3CC4C5CC(CC41)CC2C5C3. The highest BCUT2D eigenvalue weighted by Crippen LogP contribution is 2.77. The maximum absolute atomic E-state index is 9.05. The van der Waals surface area contributed by atoms with E-state index < -0.39 is 0 Å². The molecular weight excluding hydrogens is 246 g/mol. The number of nitrogens with zero attached hydrogens (tertiary/aromatic N) is 3. The zero-order valence-corrected chi connectivity index (χ0v) is 12.4. The van der Waals surface area contributed by atoms with E-state index in [1.54, 1.807) is 6.42 Å². The lowest BCUT2D eigenvalue weighted by Crippen LogP contribution is -2.70. The molecule has 7 fully saturated rings. The van der Waals surface area contributed by atoms with Crippen LogP contribution in [0.4, 0.5) is 0 Å². The summed E-state index contributed by atoms with van der Waals surface area (Å²) >= 11 is 0. The van der Waals surface area contributed by atoms with Crippen molar-refractivity contribution in [3.8, 4) is 0 Å². The van der Waals surface area contributed by atoms with Crippen LogP contribution in [-0.4, -0.2) is 6.04 Å². The van der Waals surface area contributed by atoms with Gasteiger partial charge in [0.05, 0.1) is 0 Å². The third-order valence-electron chi connectivity index (χ3n) is 8.35. The van der Waals surface area contributed by atoms with E-state index in [4.69, 9.17) is 5.53 Å². The molecule has 7 aliphatic carbocycles. The Morgan fingerprint density at radius 3 is 2.30 bits per heavy atom. The van der Waals surface area contributed by atoms with Crippen LogP contribution in [0.1, 0.15) is 51.9 Å². The molecule has 3 nitrogen and oxygen atoms in total. The maximum atomic E-state index is 9.05. The summed E-state index contributed by atoms with van der Waals surface area (Å²) in [5, 5.41) is 4.34. The first-order valence-corrected chi connectivity index (χ1v) is 8.82. The number of rotatable bonds is 3. The van der Waals surface area contributed by atoms with Gasteiger partial charge >= 0.3 is 0 Å². The molecule has 7 rings (SSSR count). The van der Waals surface area contributed by atoms with Gasteiger partial charge in [-0.1, -0.05) is 12.0 Å². The van der Waals surface area contributed by atoms with Crippen LogP contribution in [0.5, 0.6) is 0 Å². The van der Waals surface area contributed by atoms with Crippen molar-refractivity contribution in [1.29, 1.82) is 0 Å². The van der Waals surface area contributed by atoms with Crippen molar-refractivity contribution in [1.82, 2.24) is 0 Å². The third kappa shape index (κ3) is 1.15. The standard InChI is InChI=1S/C17H25N3/c1-2-16(19-20-18)17-8-10-4-12-11-3-9(6-14(12)17)7-15(17)13(11)5-10/h9-16H,2-8H2,1H3. The van der Waals surface area contributed by atoms with Crippen LogP contribution in [0, 0.1) is 46.8 Å². The Balaban J connectivity index is 1.66. The van der Waals surface area contributed by atoms with Gasteiger partial charge in [-0.15, -0.1) is 0 Å². The van der Waals surface area contributed by atoms with Crippen molar-refractivity contribution in [2.24, 2.45) is 52.0 Å². The van der Waals surface area contributed by atoms with Gasteiger partial charge in [0.2, 0.25) is 0 Å². The van der Waals surface area contributed by atoms with Crippen molar-refractivity contribution < 1.29 is 0 Å². The highest BCUT2D eigenvalue weighted by atomic mass is 15.2. The summed E-state index contributed by atoms with van der Waals surface area (Å²) in [4.78, 5) is 3.25. The Morgan fingerprint density at radius 1 is 1.05 bits per heavy atom. The molecule has 0 saturated heterocycles. The molecule has 7 saturated carbocycles. The molecule has 0 aliphatic heterocycles. The van der Waals surface area contributed by atoms with Crippen LogP contribution in [0.3, 0.4) is 0 Å². The average Bonchev–Trinajstić information content (AvgIpc) is 2.49. The van der Waals surface area contributed by atoms with E-state index in [-0.39, 0.29) is 6.04 Å². The molecule has 0 aromatic heterocycles. The second kappa shape index (κ2) is 3.74. The average molecular weight is 271 g/mol. The second-order valence-electron chi connectivity index (χ2n) is 8.56. The first-order valence-electron chi connectivity index (χ1n) is 8.82. The molecule has 5 atom stereocenters. The van der Waals surface area contributed by atoms with E-state index in [1.165, 1.54) is 32.1 Å². The Labute approximate surface area is 121 Å². The van der Waals surface area contributed by atoms with Crippen LogP contribution in [0.15, 0.2) is 5.11 Å². The predicted molar refractivity (Wildman–Crippen MR) is 77.8 cm³/mol. The Hall–Kier alpha value is -0.690. The molecule has 0 radical (unpaired) electrons. The molecule has 0 amide bonds. The zero-order valence-electron chi connectivity index (χ0n) is 12.4. The summed E-state index contributed by atoms with van der Waals surface area (Å²) in [5.74, 6) is 6.87. The molecule has 7 aliphatic rings. The maximum Gasteiger partial charge on any atom is 0.0433 e. The molecule has 3 heteroatoms. The number of hydrogen-bond donors (Lipinski definition) is 0. The summed E-state index contributed by atoms with van der Waals surface area (Å²) in [6.07, 6.45) is 9.96. The molecule has 20 heavy (non-hydrogen) atoms. The quantitative estimate of drug-likeness (QED) is 0.403. The Bertz CT molecular complexity index is 470. The molecular formula is C17H25N3. The number of hydrogen-bond acceptors (Lipinski definition) is 1. The third-order valence-corrected chi connectivity index (χ3v) is 8.35. The summed E-state index contributed by atoms with van der Waals surface area (Å²) in [6, 6.07) is 0.288. The topological polar surface area (TPSA) is 48.8 Å². The van der Waals surface area contributed by atoms with Crippen LogP contribution in [0.25, 0.3) is 10.4 Å². The van der Waals surface area contributed by atoms with Crippen LogP contribution >= 0.6 is 0 Å². The van der Waals surface area contributed by atoms with Gasteiger partial charge in [0, 0.05) is 11.0 Å². The minimum Gasteiger partial charge on any atom is -0.0900 e. The van der Waals surface area contributed by atoms with E-state index in [1.807, 2.05) is 0 Å². The highest BCUT2D eigenvalue weighted by Gasteiger charge is 2.71. The van der Waals surface area contributed by atoms with Gasteiger partial charge in [-0.25, -0.2) is 0 Å². The van der Waals surface area contributed by atoms with Crippen LogP contribution in [0.2, 0.25) is 0 Å². The van der Waals surface area contributed by atoms with Gasteiger partial charge < -0.3 is 0 Å². The number of azide groups is 1.